The third-order valence-electron chi connectivity index (χ3n) is 10.8. The summed E-state index contributed by atoms with van der Waals surface area (Å²) >= 11 is 7.86. The van der Waals surface area contributed by atoms with Crippen LogP contribution in [-0.4, -0.2) is 103 Å². The SMILES string of the molecule is COc1cc(N2CCC(N(C)C(=O)CSc3cccc4c3CN(C3CCC(=O)NC3=O)C4=O)CC2)ccc1Nc1ncc(Cl)c(Nc2ccccc2P(=O)(OC)OC)n1. The van der Waals surface area contributed by atoms with Crippen LogP contribution < -0.4 is 30.9 Å². The molecule has 1 aromatic heterocycles. The van der Waals surface area contributed by atoms with Crippen molar-refractivity contribution >= 4 is 88.7 Å². The van der Waals surface area contributed by atoms with E-state index in [9.17, 15) is 23.7 Å². The fraction of sp³-hybridized carbons (Fsp3) is 0.350. The number of benzene rings is 3. The largest absolute Gasteiger partial charge is 0.494 e. The van der Waals surface area contributed by atoms with Gasteiger partial charge in [-0.15, -0.1) is 11.8 Å². The fourth-order valence-corrected chi connectivity index (χ4v) is 9.86. The van der Waals surface area contributed by atoms with E-state index < -0.39 is 19.5 Å². The minimum Gasteiger partial charge on any atom is -0.494 e. The number of ether oxygens (including phenoxy) is 1. The molecule has 3 N–H and O–H groups in total. The van der Waals surface area contributed by atoms with E-state index in [0.717, 1.165) is 42.1 Å². The molecule has 1 unspecified atom stereocenters. The maximum atomic E-state index is 13.5. The van der Waals surface area contributed by atoms with E-state index in [0.29, 0.717) is 34.4 Å². The highest BCUT2D eigenvalue weighted by Gasteiger charge is 2.40. The number of amides is 4. The van der Waals surface area contributed by atoms with E-state index in [-0.39, 0.29) is 59.3 Å². The molecule has 3 aliphatic rings. The van der Waals surface area contributed by atoms with Crippen molar-refractivity contribution in [2.24, 2.45) is 0 Å². The molecule has 7 rings (SSSR count). The molecule has 16 nitrogen and oxygen atoms in total. The Morgan fingerprint density at radius 3 is 2.49 bits per heavy atom. The number of anilines is 5. The van der Waals surface area contributed by atoms with Crippen molar-refractivity contribution in [3.63, 3.8) is 0 Å². The number of piperidine rings is 2. The molecule has 0 spiro atoms. The van der Waals surface area contributed by atoms with Gasteiger partial charge < -0.3 is 39.1 Å². The van der Waals surface area contributed by atoms with E-state index in [2.05, 4.69) is 30.8 Å². The summed E-state index contributed by atoms with van der Waals surface area (Å²) in [6, 6.07) is 17.5. The predicted octanol–water partition coefficient (Wildman–Crippen LogP) is 5.72. The quantitative estimate of drug-likeness (QED) is 0.0795. The molecule has 0 saturated carbocycles. The smallest absolute Gasteiger partial charge is 0.362 e. The second-order valence-electron chi connectivity index (χ2n) is 14.1. The molecule has 4 heterocycles. The van der Waals surface area contributed by atoms with Gasteiger partial charge in [-0.25, -0.2) is 4.98 Å². The third kappa shape index (κ3) is 8.89. The number of rotatable bonds is 14. The lowest BCUT2D eigenvalue weighted by atomic mass is 10.0. The van der Waals surface area contributed by atoms with E-state index >= 15 is 0 Å². The van der Waals surface area contributed by atoms with Crippen LogP contribution in [0, 0.1) is 0 Å². The summed E-state index contributed by atoms with van der Waals surface area (Å²) in [4.78, 5) is 66.2. The fourth-order valence-electron chi connectivity index (χ4n) is 7.48. The average molecular weight is 863 g/mol. The first-order chi connectivity index (χ1) is 28.4. The van der Waals surface area contributed by atoms with Crippen molar-refractivity contribution < 1.29 is 37.5 Å². The molecule has 2 saturated heterocycles. The summed E-state index contributed by atoms with van der Waals surface area (Å²) in [6.45, 7) is 1.71. The first-order valence-electron chi connectivity index (χ1n) is 18.9. The molecule has 4 aromatic rings. The van der Waals surface area contributed by atoms with Gasteiger partial charge in [0.25, 0.3) is 5.91 Å². The molecule has 2 fully saturated rings. The van der Waals surface area contributed by atoms with Gasteiger partial charge in [0.05, 0.1) is 35.7 Å². The van der Waals surface area contributed by atoms with Crippen LogP contribution in [0.1, 0.15) is 41.6 Å². The number of nitrogens with zero attached hydrogens (tertiary/aromatic N) is 5. The number of para-hydroxylation sites is 1. The molecule has 3 aliphatic heterocycles. The zero-order valence-electron chi connectivity index (χ0n) is 32.9. The first-order valence-corrected chi connectivity index (χ1v) is 21.8. The predicted molar refractivity (Wildman–Crippen MR) is 226 cm³/mol. The Kier molecular flexibility index (Phi) is 12.8. The number of fused-ring (bicyclic) bond motifs is 1. The average Bonchev–Trinajstić information content (AvgIpc) is 3.59. The zero-order chi connectivity index (χ0) is 41.8. The van der Waals surface area contributed by atoms with Crippen molar-refractivity contribution in [2.75, 3.05) is 62.8 Å². The summed E-state index contributed by atoms with van der Waals surface area (Å²) in [5, 5.41) is 9.23. The Labute approximate surface area is 350 Å². The molecule has 0 aliphatic carbocycles. The van der Waals surface area contributed by atoms with Crippen molar-refractivity contribution in [2.45, 2.75) is 49.2 Å². The number of thioether (sulfide) groups is 1. The monoisotopic (exact) mass is 862 g/mol. The number of aromatic nitrogens is 2. The molecular formula is C40H44ClN8O8PS. The number of nitrogens with one attached hydrogen (secondary N) is 3. The van der Waals surface area contributed by atoms with Gasteiger partial charge in [-0.05, 0) is 61.2 Å². The number of hydrogen-bond donors (Lipinski definition) is 3. The summed E-state index contributed by atoms with van der Waals surface area (Å²) in [6.07, 6.45) is 3.48. The van der Waals surface area contributed by atoms with Crippen LogP contribution in [0.15, 0.2) is 71.8 Å². The number of imide groups is 1. The van der Waals surface area contributed by atoms with E-state index in [1.54, 1.807) is 43.5 Å². The third-order valence-corrected chi connectivity index (χ3v) is 14.1. The van der Waals surface area contributed by atoms with Crippen LogP contribution in [0.5, 0.6) is 5.75 Å². The van der Waals surface area contributed by atoms with Crippen molar-refractivity contribution in [1.29, 1.82) is 0 Å². The highest BCUT2D eigenvalue weighted by Crippen LogP contribution is 2.47. The van der Waals surface area contributed by atoms with Crippen LogP contribution in [0.3, 0.4) is 0 Å². The molecule has 3 aromatic carbocycles. The van der Waals surface area contributed by atoms with E-state index in [1.165, 1.54) is 37.1 Å². The lowest BCUT2D eigenvalue weighted by Gasteiger charge is -2.38. The van der Waals surface area contributed by atoms with E-state index in [1.807, 2.05) is 36.2 Å². The summed E-state index contributed by atoms with van der Waals surface area (Å²) in [5.74, 6) is 0.266. The number of carbonyl (C=O) groups excluding carboxylic acids is 4. The molecule has 4 amide bonds. The van der Waals surface area contributed by atoms with Gasteiger partial charge in [-0.3, -0.25) is 29.1 Å². The van der Waals surface area contributed by atoms with Gasteiger partial charge in [0.1, 0.15) is 16.8 Å². The number of carbonyl (C=O) groups is 4. The molecule has 19 heteroatoms. The maximum absolute atomic E-state index is 13.5. The first kappa shape index (κ1) is 42.0. The van der Waals surface area contributed by atoms with Gasteiger partial charge in [0.15, 0.2) is 5.82 Å². The topological polar surface area (TPSA) is 185 Å². The normalized spacial score (nSPS) is 17.1. The minimum atomic E-state index is -3.58. The van der Waals surface area contributed by atoms with Gasteiger partial charge in [-0.1, -0.05) is 29.8 Å². The summed E-state index contributed by atoms with van der Waals surface area (Å²) < 4.78 is 29.3. The molecule has 310 valence electrons. The highest BCUT2D eigenvalue weighted by molar-refractivity contribution is 8.00. The molecule has 0 radical (unpaired) electrons. The van der Waals surface area contributed by atoms with Crippen molar-refractivity contribution in [1.82, 2.24) is 25.1 Å². The Morgan fingerprint density at radius 2 is 1.76 bits per heavy atom. The standard InChI is InChI=1S/C40H44ClN8O8PS/c1-47(36(51)23-59-34-11-7-8-26-27(34)22-49(39(26)53)31-14-15-35(50)45-38(31)52)24-16-18-48(19-17-24)25-12-13-29(32(20-25)55-2)44-40-42-21-28(41)37(46-40)43-30-9-5-6-10-33(30)58(54,56-3)57-4/h5-13,20-21,24,31H,14-19,22-23H2,1-4H3,(H,45,50,52)(H2,42,43,44,46). The number of methoxy groups -OCH3 is 1. The number of halogens is 1. The van der Waals surface area contributed by atoms with Crippen LogP contribution >= 0.6 is 31.0 Å². The zero-order valence-corrected chi connectivity index (χ0v) is 35.4. The summed E-state index contributed by atoms with van der Waals surface area (Å²) in [7, 11) is 2.47. The Balaban J connectivity index is 0.943. The molecule has 1 atom stereocenters. The van der Waals surface area contributed by atoms with Crippen molar-refractivity contribution in [3.8, 4) is 5.75 Å². The van der Waals surface area contributed by atoms with Gasteiger partial charge >= 0.3 is 7.60 Å². The Hall–Kier alpha value is -5.19. The lowest BCUT2D eigenvalue weighted by molar-refractivity contribution is -0.137. The minimum absolute atomic E-state index is 0.00793. The molecule has 59 heavy (non-hydrogen) atoms. The Bertz CT molecular complexity index is 2320. The van der Waals surface area contributed by atoms with Crippen LogP contribution in [0.2, 0.25) is 5.02 Å². The van der Waals surface area contributed by atoms with Crippen LogP contribution in [0.4, 0.5) is 28.8 Å². The van der Waals surface area contributed by atoms with Gasteiger partial charge in [0, 0.05) is 75.6 Å². The van der Waals surface area contributed by atoms with Crippen molar-refractivity contribution in [3.05, 3.63) is 83.0 Å². The van der Waals surface area contributed by atoms with Crippen LogP contribution in [0.25, 0.3) is 0 Å². The van der Waals surface area contributed by atoms with E-state index in [4.69, 9.17) is 25.4 Å². The molecular weight excluding hydrogens is 819 g/mol. The number of hydrogen-bond acceptors (Lipinski definition) is 14. The Morgan fingerprint density at radius 1 is 1.00 bits per heavy atom. The second-order valence-corrected chi connectivity index (χ2v) is 17.7. The molecule has 0 bridgehead atoms. The summed E-state index contributed by atoms with van der Waals surface area (Å²) in [5.41, 5.74) is 3.36. The van der Waals surface area contributed by atoms with Gasteiger partial charge in [-0.2, -0.15) is 4.98 Å². The lowest BCUT2D eigenvalue weighted by Crippen LogP contribution is -2.52. The van der Waals surface area contributed by atoms with Crippen LogP contribution in [-0.2, 0) is 34.5 Å². The second kappa shape index (κ2) is 18.0. The highest BCUT2D eigenvalue weighted by atomic mass is 35.5. The maximum Gasteiger partial charge on any atom is 0.362 e. The van der Waals surface area contributed by atoms with Gasteiger partial charge in [0.2, 0.25) is 23.7 Å².